The van der Waals surface area contributed by atoms with Gasteiger partial charge in [0.25, 0.3) is 0 Å². The molecular formula is C14H22N2O3S. The topological polar surface area (TPSA) is 72.6 Å². The average molecular weight is 298 g/mol. The van der Waals surface area contributed by atoms with Crippen LogP contribution in [0.4, 0.5) is 5.69 Å². The van der Waals surface area contributed by atoms with E-state index in [0.717, 1.165) is 5.56 Å². The van der Waals surface area contributed by atoms with Crippen LogP contribution in [0.3, 0.4) is 0 Å². The summed E-state index contributed by atoms with van der Waals surface area (Å²) in [6, 6.07) is 3.17. The third kappa shape index (κ3) is 2.50. The molecule has 2 atom stereocenters. The minimum absolute atomic E-state index is 0.157. The predicted molar refractivity (Wildman–Crippen MR) is 79.2 cm³/mol. The monoisotopic (exact) mass is 298 g/mol. The smallest absolute Gasteiger partial charge is 0.246 e. The van der Waals surface area contributed by atoms with E-state index in [0.29, 0.717) is 36.4 Å². The highest BCUT2D eigenvalue weighted by Gasteiger charge is 2.36. The lowest BCUT2D eigenvalue weighted by Gasteiger charge is -2.19. The van der Waals surface area contributed by atoms with Crippen LogP contribution in [-0.4, -0.2) is 32.9 Å². The molecule has 1 aliphatic rings. The number of benzene rings is 1. The van der Waals surface area contributed by atoms with Gasteiger partial charge in [0.05, 0.1) is 7.11 Å². The first-order valence-electron chi connectivity index (χ1n) is 6.71. The molecule has 2 unspecified atom stereocenters. The molecule has 1 aromatic rings. The maximum atomic E-state index is 12.8. The third-order valence-electron chi connectivity index (χ3n) is 4.12. The van der Waals surface area contributed by atoms with Crippen molar-refractivity contribution in [1.29, 1.82) is 0 Å². The number of sulfonamides is 1. The first-order chi connectivity index (χ1) is 9.27. The minimum atomic E-state index is -3.56. The SMILES string of the molecule is COc1cc(C)c(N)cc1S(=O)(=O)N1CC(C)C(C)C1. The van der Waals surface area contributed by atoms with Crippen molar-refractivity contribution in [2.75, 3.05) is 25.9 Å². The first kappa shape index (κ1) is 15.1. The van der Waals surface area contributed by atoms with Gasteiger partial charge in [-0.05, 0) is 36.5 Å². The van der Waals surface area contributed by atoms with E-state index < -0.39 is 10.0 Å². The fourth-order valence-electron chi connectivity index (χ4n) is 2.45. The Balaban J connectivity index is 2.47. The lowest BCUT2D eigenvalue weighted by atomic mass is 10.0. The second-order valence-corrected chi connectivity index (χ2v) is 7.54. The van der Waals surface area contributed by atoms with E-state index in [2.05, 4.69) is 13.8 Å². The highest BCUT2D eigenvalue weighted by molar-refractivity contribution is 7.89. The summed E-state index contributed by atoms with van der Waals surface area (Å²) in [4.78, 5) is 0.157. The maximum absolute atomic E-state index is 12.8. The molecule has 1 aromatic carbocycles. The normalized spacial score (nSPS) is 24.0. The summed E-state index contributed by atoms with van der Waals surface area (Å²) in [5.41, 5.74) is 7.13. The second-order valence-electron chi connectivity index (χ2n) is 5.64. The summed E-state index contributed by atoms with van der Waals surface area (Å²) in [6.07, 6.45) is 0. The van der Waals surface area contributed by atoms with Crippen molar-refractivity contribution in [2.24, 2.45) is 11.8 Å². The van der Waals surface area contributed by atoms with E-state index in [1.165, 1.54) is 17.5 Å². The van der Waals surface area contributed by atoms with Gasteiger partial charge in [0, 0.05) is 18.8 Å². The molecule has 1 fully saturated rings. The molecule has 0 spiro atoms. The van der Waals surface area contributed by atoms with Crippen molar-refractivity contribution in [2.45, 2.75) is 25.7 Å². The fourth-order valence-corrected chi connectivity index (χ4v) is 4.26. The van der Waals surface area contributed by atoms with Gasteiger partial charge in [0.15, 0.2) is 0 Å². The van der Waals surface area contributed by atoms with Crippen LogP contribution in [0.1, 0.15) is 19.4 Å². The zero-order chi connectivity index (χ0) is 15.1. The number of anilines is 1. The number of hydrogen-bond donors (Lipinski definition) is 1. The Labute approximate surface area is 120 Å². The van der Waals surface area contributed by atoms with Crippen LogP contribution in [0.15, 0.2) is 17.0 Å². The largest absolute Gasteiger partial charge is 0.495 e. The summed E-state index contributed by atoms with van der Waals surface area (Å²) >= 11 is 0. The lowest BCUT2D eigenvalue weighted by molar-refractivity contribution is 0.397. The zero-order valence-electron chi connectivity index (χ0n) is 12.4. The molecule has 1 aliphatic heterocycles. The molecule has 0 aliphatic carbocycles. The number of aryl methyl sites for hydroxylation is 1. The van der Waals surface area contributed by atoms with Crippen molar-refractivity contribution in [3.05, 3.63) is 17.7 Å². The van der Waals surface area contributed by atoms with Crippen molar-refractivity contribution < 1.29 is 13.2 Å². The van der Waals surface area contributed by atoms with Crippen LogP contribution in [0.25, 0.3) is 0 Å². The van der Waals surface area contributed by atoms with E-state index in [1.54, 1.807) is 6.07 Å². The molecule has 1 saturated heterocycles. The van der Waals surface area contributed by atoms with Gasteiger partial charge < -0.3 is 10.5 Å². The minimum Gasteiger partial charge on any atom is -0.495 e. The quantitative estimate of drug-likeness (QED) is 0.865. The average Bonchev–Trinajstić information content (AvgIpc) is 2.73. The van der Waals surface area contributed by atoms with Crippen LogP contribution in [0.5, 0.6) is 5.75 Å². The zero-order valence-corrected chi connectivity index (χ0v) is 13.2. The fraction of sp³-hybridized carbons (Fsp3) is 0.571. The van der Waals surface area contributed by atoms with Crippen molar-refractivity contribution in [3.63, 3.8) is 0 Å². The van der Waals surface area contributed by atoms with Crippen molar-refractivity contribution in [1.82, 2.24) is 4.31 Å². The van der Waals surface area contributed by atoms with Gasteiger partial charge in [-0.15, -0.1) is 0 Å². The molecule has 0 saturated carbocycles. The van der Waals surface area contributed by atoms with Gasteiger partial charge in [-0.25, -0.2) is 8.42 Å². The molecule has 2 N–H and O–H groups in total. The van der Waals surface area contributed by atoms with Gasteiger partial charge in [0.2, 0.25) is 10.0 Å². The van der Waals surface area contributed by atoms with Crippen LogP contribution in [0, 0.1) is 18.8 Å². The number of nitrogens with two attached hydrogens (primary N) is 1. The van der Waals surface area contributed by atoms with Gasteiger partial charge >= 0.3 is 0 Å². The van der Waals surface area contributed by atoms with Gasteiger partial charge in [0.1, 0.15) is 10.6 Å². The van der Waals surface area contributed by atoms with Crippen molar-refractivity contribution in [3.8, 4) is 5.75 Å². The Kier molecular flexibility index (Phi) is 3.97. The van der Waals surface area contributed by atoms with Crippen LogP contribution in [-0.2, 0) is 10.0 Å². The molecule has 0 aromatic heterocycles. The van der Waals surface area contributed by atoms with Gasteiger partial charge in [-0.3, -0.25) is 0 Å². The standard InChI is InChI=1S/C14H22N2O3S/c1-9-5-13(19-4)14(6-12(9)15)20(17,18)16-7-10(2)11(3)8-16/h5-6,10-11H,7-8,15H2,1-4H3. The molecular weight excluding hydrogens is 276 g/mol. The Morgan fingerprint density at radius 1 is 1.25 bits per heavy atom. The lowest BCUT2D eigenvalue weighted by Crippen LogP contribution is -2.29. The van der Waals surface area contributed by atoms with Crippen LogP contribution in [0.2, 0.25) is 0 Å². The molecule has 20 heavy (non-hydrogen) atoms. The number of nitrogens with zero attached hydrogens (tertiary/aromatic N) is 1. The maximum Gasteiger partial charge on any atom is 0.246 e. The predicted octanol–water partition coefficient (Wildman–Crippen LogP) is 1.86. The number of ether oxygens (including phenoxy) is 1. The van der Waals surface area contributed by atoms with Crippen LogP contribution >= 0.6 is 0 Å². The summed E-state index contributed by atoms with van der Waals surface area (Å²) in [7, 11) is -2.09. The number of methoxy groups -OCH3 is 1. The Morgan fingerprint density at radius 3 is 2.30 bits per heavy atom. The van der Waals surface area contributed by atoms with Crippen LogP contribution < -0.4 is 10.5 Å². The Morgan fingerprint density at radius 2 is 1.80 bits per heavy atom. The second kappa shape index (κ2) is 5.26. The molecule has 0 bridgehead atoms. The van der Waals surface area contributed by atoms with E-state index in [9.17, 15) is 8.42 Å². The molecule has 2 rings (SSSR count). The molecule has 0 radical (unpaired) electrons. The number of hydrogen-bond acceptors (Lipinski definition) is 4. The summed E-state index contributed by atoms with van der Waals surface area (Å²) in [5, 5.41) is 0. The first-order valence-corrected chi connectivity index (χ1v) is 8.15. The molecule has 1 heterocycles. The number of nitrogen functional groups attached to an aromatic ring is 1. The Hall–Kier alpha value is -1.27. The van der Waals surface area contributed by atoms with E-state index in [4.69, 9.17) is 10.5 Å². The van der Waals surface area contributed by atoms with E-state index in [-0.39, 0.29) is 4.90 Å². The molecule has 6 heteroatoms. The summed E-state index contributed by atoms with van der Waals surface area (Å²) < 4.78 is 32.3. The highest BCUT2D eigenvalue weighted by Crippen LogP contribution is 2.34. The summed E-state index contributed by atoms with van der Waals surface area (Å²) in [6.45, 7) is 7.05. The molecule has 5 nitrogen and oxygen atoms in total. The van der Waals surface area contributed by atoms with E-state index >= 15 is 0 Å². The molecule has 0 amide bonds. The van der Waals surface area contributed by atoms with Crippen molar-refractivity contribution >= 4 is 15.7 Å². The number of rotatable bonds is 3. The van der Waals surface area contributed by atoms with Gasteiger partial charge in [-0.2, -0.15) is 4.31 Å². The van der Waals surface area contributed by atoms with E-state index in [1.807, 2.05) is 6.92 Å². The van der Waals surface area contributed by atoms with Gasteiger partial charge in [-0.1, -0.05) is 13.8 Å². The third-order valence-corrected chi connectivity index (χ3v) is 5.98. The highest BCUT2D eigenvalue weighted by atomic mass is 32.2. The molecule has 112 valence electrons. The summed E-state index contributed by atoms with van der Waals surface area (Å²) in [5.74, 6) is 1.07. The Bertz CT molecular complexity index is 603.